The van der Waals surface area contributed by atoms with Crippen LogP contribution in [0.4, 0.5) is 5.69 Å². The van der Waals surface area contributed by atoms with Crippen LogP contribution in [0.25, 0.3) is 28.3 Å². The SMILES string of the molecule is CCCCCCOP(CC(C)C(=O)Nc1ccc(-c2nc3c(Cl)c(-c4c(C)cccc4C)[nH]n3n2)cc1)OCCCCCC. The molecule has 1 amide bonds. The molecule has 44 heavy (non-hydrogen) atoms. The number of aryl methyl sites for hydroxylation is 2. The molecule has 0 bridgehead atoms. The highest BCUT2D eigenvalue weighted by molar-refractivity contribution is 7.47. The molecule has 0 aliphatic carbocycles. The van der Waals surface area contributed by atoms with Crippen molar-refractivity contribution in [3.8, 4) is 22.6 Å². The lowest BCUT2D eigenvalue weighted by atomic mass is 10.0. The number of rotatable bonds is 18. The smallest absolute Gasteiger partial charge is 0.227 e. The fourth-order valence-electron chi connectivity index (χ4n) is 5.10. The van der Waals surface area contributed by atoms with Crippen LogP contribution < -0.4 is 5.32 Å². The van der Waals surface area contributed by atoms with Crippen molar-refractivity contribution in [1.82, 2.24) is 19.8 Å². The average molecular weight is 640 g/mol. The quantitative estimate of drug-likeness (QED) is 0.0835. The molecule has 1 unspecified atom stereocenters. The van der Waals surface area contributed by atoms with Crippen LogP contribution in [0.3, 0.4) is 0 Å². The van der Waals surface area contributed by atoms with E-state index in [1.165, 1.54) is 25.7 Å². The van der Waals surface area contributed by atoms with E-state index in [1.54, 1.807) is 4.63 Å². The third-order valence-corrected chi connectivity index (χ3v) is 9.86. The maximum atomic E-state index is 13.1. The summed E-state index contributed by atoms with van der Waals surface area (Å²) in [6.45, 7) is 11.8. The van der Waals surface area contributed by atoms with E-state index < -0.39 is 8.38 Å². The molecule has 0 radical (unpaired) electrons. The van der Waals surface area contributed by atoms with E-state index in [0.717, 1.165) is 59.3 Å². The van der Waals surface area contributed by atoms with E-state index in [0.29, 0.717) is 35.9 Å². The second kappa shape index (κ2) is 17.1. The molecular weight excluding hydrogens is 593 g/mol. The number of aromatic amines is 1. The first-order chi connectivity index (χ1) is 21.3. The second-order valence-electron chi connectivity index (χ2n) is 11.5. The van der Waals surface area contributed by atoms with E-state index >= 15 is 0 Å². The number of aromatic nitrogens is 4. The third-order valence-electron chi connectivity index (χ3n) is 7.72. The lowest BCUT2D eigenvalue weighted by Gasteiger charge is -2.21. The van der Waals surface area contributed by atoms with Crippen molar-refractivity contribution in [3.63, 3.8) is 0 Å². The van der Waals surface area contributed by atoms with E-state index in [4.69, 9.17) is 25.6 Å². The molecule has 8 nitrogen and oxygen atoms in total. The Morgan fingerprint density at radius 2 is 1.57 bits per heavy atom. The first kappa shape index (κ1) is 34.1. The summed E-state index contributed by atoms with van der Waals surface area (Å²) in [5.41, 5.74) is 6.25. The maximum Gasteiger partial charge on any atom is 0.227 e. The maximum absolute atomic E-state index is 13.1. The number of H-pyrrole nitrogens is 1. The number of unbranched alkanes of at least 4 members (excludes halogenated alkanes) is 6. The van der Waals surface area contributed by atoms with Crippen molar-refractivity contribution in [2.45, 2.75) is 86.0 Å². The Balaban J connectivity index is 1.35. The summed E-state index contributed by atoms with van der Waals surface area (Å²) in [6, 6.07) is 13.7. The number of anilines is 1. The topological polar surface area (TPSA) is 93.5 Å². The first-order valence-electron chi connectivity index (χ1n) is 16.0. The number of amides is 1. The molecule has 2 heterocycles. The summed E-state index contributed by atoms with van der Waals surface area (Å²) in [6.07, 6.45) is 9.77. The van der Waals surface area contributed by atoms with E-state index in [2.05, 4.69) is 55.3 Å². The number of benzene rings is 2. The Morgan fingerprint density at radius 3 is 2.14 bits per heavy atom. The normalized spacial score (nSPS) is 12.3. The Bertz CT molecular complexity index is 1450. The molecular formula is C34H47ClN5O3P. The predicted molar refractivity (Wildman–Crippen MR) is 182 cm³/mol. The van der Waals surface area contributed by atoms with Crippen LogP contribution in [0.15, 0.2) is 42.5 Å². The number of carbonyl (C=O) groups is 1. The summed E-state index contributed by atoms with van der Waals surface area (Å²) < 4.78 is 13.9. The third kappa shape index (κ3) is 9.13. The molecule has 238 valence electrons. The largest absolute Gasteiger partial charge is 0.334 e. The van der Waals surface area contributed by atoms with Gasteiger partial charge in [-0.2, -0.15) is 4.63 Å². The highest BCUT2D eigenvalue weighted by Crippen LogP contribution is 2.41. The molecule has 4 rings (SSSR count). The Kier molecular flexibility index (Phi) is 13.2. The summed E-state index contributed by atoms with van der Waals surface area (Å²) in [4.78, 5) is 17.8. The van der Waals surface area contributed by atoms with Crippen molar-refractivity contribution in [3.05, 3.63) is 58.6 Å². The fraction of sp³-hybridized carbons (Fsp3) is 0.500. The zero-order valence-corrected chi connectivity index (χ0v) is 28.4. The van der Waals surface area contributed by atoms with Crippen LogP contribution >= 0.6 is 20.0 Å². The highest BCUT2D eigenvalue weighted by atomic mass is 35.5. The Morgan fingerprint density at radius 1 is 0.955 bits per heavy atom. The Labute approximate surface area is 268 Å². The van der Waals surface area contributed by atoms with Crippen LogP contribution in [0.1, 0.15) is 83.3 Å². The molecule has 0 spiro atoms. The van der Waals surface area contributed by atoms with Gasteiger partial charge in [0.05, 0.1) is 18.9 Å². The molecule has 1 atom stereocenters. The summed E-state index contributed by atoms with van der Waals surface area (Å²) in [5.74, 6) is 0.264. The van der Waals surface area contributed by atoms with Crippen molar-refractivity contribution < 1.29 is 13.8 Å². The van der Waals surface area contributed by atoms with Crippen molar-refractivity contribution >= 4 is 37.2 Å². The lowest BCUT2D eigenvalue weighted by molar-refractivity contribution is -0.118. The van der Waals surface area contributed by atoms with Gasteiger partial charge in [0.25, 0.3) is 0 Å². The lowest BCUT2D eigenvalue weighted by Crippen LogP contribution is -2.23. The van der Waals surface area contributed by atoms with Crippen molar-refractivity contribution in [2.75, 3.05) is 24.7 Å². The minimum atomic E-state index is -1.11. The van der Waals surface area contributed by atoms with Crippen LogP contribution in [0.5, 0.6) is 0 Å². The molecule has 10 heteroatoms. The van der Waals surface area contributed by atoms with Gasteiger partial charge in [0.2, 0.25) is 5.91 Å². The van der Waals surface area contributed by atoms with E-state index in [-0.39, 0.29) is 11.8 Å². The van der Waals surface area contributed by atoms with Gasteiger partial charge >= 0.3 is 0 Å². The number of fused-ring (bicyclic) bond motifs is 1. The first-order valence-corrected chi connectivity index (χ1v) is 17.7. The van der Waals surface area contributed by atoms with Gasteiger partial charge in [-0.25, -0.2) is 4.98 Å². The summed E-state index contributed by atoms with van der Waals surface area (Å²) in [5, 5.41) is 11.5. The van der Waals surface area contributed by atoms with E-state index in [1.807, 2.05) is 37.3 Å². The molecule has 2 aromatic heterocycles. The summed E-state index contributed by atoms with van der Waals surface area (Å²) in [7, 11) is -1.11. The molecule has 0 fully saturated rings. The number of nitrogens with one attached hydrogen (secondary N) is 2. The van der Waals surface area contributed by atoms with Gasteiger partial charge in [0.1, 0.15) is 5.02 Å². The van der Waals surface area contributed by atoms with Crippen molar-refractivity contribution in [1.29, 1.82) is 0 Å². The van der Waals surface area contributed by atoms with Gasteiger partial charge in [0, 0.05) is 28.9 Å². The van der Waals surface area contributed by atoms with Gasteiger partial charge in [-0.1, -0.05) is 89.1 Å². The molecule has 0 saturated carbocycles. The molecule has 2 N–H and O–H groups in total. The average Bonchev–Trinajstić information content (AvgIpc) is 3.56. The van der Waals surface area contributed by atoms with Crippen molar-refractivity contribution in [2.24, 2.45) is 5.92 Å². The molecule has 0 aliphatic heterocycles. The number of hydrogen-bond acceptors (Lipinski definition) is 5. The zero-order valence-electron chi connectivity index (χ0n) is 26.8. The van der Waals surface area contributed by atoms with Gasteiger partial charge < -0.3 is 14.4 Å². The summed E-state index contributed by atoms with van der Waals surface area (Å²) >= 11 is 6.76. The Hall–Kier alpha value is -2.77. The molecule has 2 aromatic carbocycles. The second-order valence-corrected chi connectivity index (χ2v) is 13.4. The van der Waals surface area contributed by atoms with Crippen LogP contribution in [0.2, 0.25) is 5.02 Å². The number of hydrogen-bond donors (Lipinski definition) is 2. The standard InChI is InChI=1S/C34H47ClN5O3P/c1-6-8-10-12-21-42-44(43-22-13-11-9-7-2)23-26(5)34(41)36-28-19-17-27(18-20-28)32-37-33-30(35)31(38-40(33)39-32)29-24(3)15-14-16-25(29)4/h14-20,26,38H,6-13,21-23H2,1-5H3,(H,36,41). The number of carbonyl (C=O) groups excluding carboxylic acids is 1. The monoisotopic (exact) mass is 639 g/mol. The number of nitrogens with zero attached hydrogens (tertiary/aromatic N) is 3. The zero-order chi connectivity index (χ0) is 31.5. The van der Waals surface area contributed by atoms with Gasteiger partial charge in [-0.05, 0) is 62.1 Å². The predicted octanol–water partition coefficient (Wildman–Crippen LogP) is 9.74. The van der Waals surface area contributed by atoms with Gasteiger partial charge in [-0.3, -0.25) is 9.89 Å². The highest BCUT2D eigenvalue weighted by Gasteiger charge is 2.22. The minimum absolute atomic E-state index is 0.0475. The number of halogens is 1. The fourth-order valence-corrected chi connectivity index (χ4v) is 6.93. The van der Waals surface area contributed by atoms with Gasteiger partial charge in [-0.15, -0.1) is 5.10 Å². The van der Waals surface area contributed by atoms with Crippen LogP contribution in [-0.4, -0.2) is 45.1 Å². The molecule has 0 aliphatic rings. The van der Waals surface area contributed by atoms with Gasteiger partial charge in [0.15, 0.2) is 19.8 Å². The van der Waals surface area contributed by atoms with Crippen LogP contribution in [-0.2, 0) is 13.8 Å². The molecule has 4 aromatic rings. The molecule has 0 saturated heterocycles. The van der Waals surface area contributed by atoms with Crippen LogP contribution in [0, 0.1) is 19.8 Å². The van der Waals surface area contributed by atoms with E-state index in [9.17, 15) is 4.79 Å². The minimum Gasteiger partial charge on any atom is -0.334 e.